The lowest BCUT2D eigenvalue weighted by Gasteiger charge is -2.21. The van der Waals surface area contributed by atoms with Crippen molar-refractivity contribution in [1.29, 1.82) is 0 Å². The van der Waals surface area contributed by atoms with Gasteiger partial charge in [-0.25, -0.2) is 9.13 Å². The van der Waals surface area contributed by atoms with E-state index in [2.05, 4.69) is 55.4 Å². The van der Waals surface area contributed by atoms with E-state index in [-0.39, 0.29) is 25.7 Å². The van der Waals surface area contributed by atoms with Gasteiger partial charge in [0.25, 0.3) is 0 Å². The monoisotopic (exact) mass is 1210 g/mol. The number of carbonyl (C=O) groups excluding carboxylic acids is 4. The zero-order valence-electron chi connectivity index (χ0n) is 53.1. The Morgan fingerprint density at radius 2 is 0.585 bits per heavy atom. The molecule has 4 unspecified atom stereocenters. The number of phosphoric ester groups is 2. The van der Waals surface area contributed by atoms with Gasteiger partial charge in [-0.2, -0.15) is 0 Å². The molecule has 0 saturated carbocycles. The maximum Gasteiger partial charge on any atom is 0.472 e. The highest BCUT2D eigenvalue weighted by Crippen LogP contribution is 2.45. The lowest BCUT2D eigenvalue weighted by Crippen LogP contribution is -2.30. The first kappa shape index (κ1) is 80.1. The maximum atomic E-state index is 13.0. The van der Waals surface area contributed by atoms with Gasteiger partial charge in [-0.05, 0) is 49.4 Å². The molecule has 486 valence electrons. The SMILES string of the molecule is CCC(C)CCCCCCCCCCC(=O)O[C@H](COC(=O)CCCCCCCCC(C)CC)COP(=O)(O)OC[C@H](O)COP(=O)(O)OC[C@@H](COC(=O)CCCCCCCCCC(C)C)OC(=O)CCCCCCCCCC(C)C. The van der Waals surface area contributed by atoms with Gasteiger partial charge in [0.15, 0.2) is 12.2 Å². The Labute approximate surface area is 498 Å². The number of unbranched alkanes of at least 4 members (excludes halogenated alkanes) is 24. The number of hydrogen-bond donors (Lipinski definition) is 3. The van der Waals surface area contributed by atoms with E-state index in [1.807, 2.05) is 0 Å². The second kappa shape index (κ2) is 53.3. The fraction of sp³-hybridized carbons (Fsp3) is 0.937. The molecule has 0 aliphatic carbocycles. The predicted molar refractivity (Wildman–Crippen MR) is 326 cm³/mol. The zero-order valence-corrected chi connectivity index (χ0v) is 54.9. The molecule has 7 atom stereocenters. The smallest absolute Gasteiger partial charge is 0.462 e. The minimum absolute atomic E-state index is 0.102. The van der Waals surface area contributed by atoms with Crippen molar-refractivity contribution in [3.05, 3.63) is 0 Å². The predicted octanol–water partition coefficient (Wildman–Crippen LogP) is 17.0. The van der Waals surface area contributed by atoms with Crippen molar-refractivity contribution in [2.75, 3.05) is 39.6 Å². The molecule has 0 fully saturated rings. The van der Waals surface area contributed by atoms with E-state index in [4.69, 9.17) is 37.0 Å². The third-order valence-electron chi connectivity index (χ3n) is 15.0. The van der Waals surface area contributed by atoms with Gasteiger partial charge in [0.1, 0.15) is 19.3 Å². The summed E-state index contributed by atoms with van der Waals surface area (Å²) in [5.41, 5.74) is 0. The van der Waals surface area contributed by atoms with Gasteiger partial charge in [0, 0.05) is 25.7 Å². The van der Waals surface area contributed by atoms with Crippen LogP contribution in [0.3, 0.4) is 0 Å². The Morgan fingerprint density at radius 3 is 0.866 bits per heavy atom. The standard InChI is InChI=1S/C63H122O17P2/c1-9-55(7)41-33-25-17-11-12-18-29-37-45-62(67)79-59(50-74-61(66)44-36-28-22-21-26-34-42-56(8)10-2)52-78-82(71,72)76-48-57(64)47-75-81(69,70)77-51-58(80-63(68)46-38-30-20-14-16-24-32-40-54(5)6)49-73-60(65)43-35-27-19-13-15-23-31-39-53(3)4/h53-59,64H,9-52H2,1-8H3,(H,69,70)(H,71,72)/t55?,56?,57-,58-,59-/m1/s1. The summed E-state index contributed by atoms with van der Waals surface area (Å²) in [7, 11) is -9.89. The Morgan fingerprint density at radius 1 is 0.341 bits per heavy atom. The van der Waals surface area contributed by atoms with E-state index in [0.29, 0.717) is 37.5 Å². The molecule has 0 amide bonds. The van der Waals surface area contributed by atoms with Crippen LogP contribution < -0.4 is 0 Å². The summed E-state index contributed by atoms with van der Waals surface area (Å²) in [6, 6.07) is 0. The molecule has 19 heteroatoms. The average molecular weight is 1210 g/mol. The summed E-state index contributed by atoms with van der Waals surface area (Å²) < 4.78 is 67.9. The summed E-state index contributed by atoms with van der Waals surface area (Å²) >= 11 is 0. The number of rotatable bonds is 60. The van der Waals surface area contributed by atoms with Crippen LogP contribution in [0.4, 0.5) is 0 Å². The molecule has 0 aliphatic rings. The van der Waals surface area contributed by atoms with Crippen LogP contribution in [0.5, 0.6) is 0 Å². The minimum Gasteiger partial charge on any atom is -0.462 e. The van der Waals surface area contributed by atoms with E-state index >= 15 is 0 Å². The van der Waals surface area contributed by atoms with Crippen molar-refractivity contribution in [3.8, 4) is 0 Å². The van der Waals surface area contributed by atoms with E-state index < -0.39 is 97.5 Å². The molecule has 0 aromatic rings. The molecular formula is C63H122O17P2. The van der Waals surface area contributed by atoms with E-state index in [1.54, 1.807) is 0 Å². The van der Waals surface area contributed by atoms with Crippen molar-refractivity contribution in [3.63, 3.8) is 0 Å². The maximum absolute atomic E-state index is 13.0. The van der Waals surface area contributed by atoms with E-state index in [9.17, 15) is 43.2 Å². The highest BCUT2D eigenvalue weighted by Gasteiger charge is 2.30. The Kier molecular flexibility index (Phi) is 52.0. The van der Waals surface area contributed by atoms with Gasteiger partial charge in [-0.3, -0.25) is 37.3 Å². The Bertz CT molecular complexity index is 1650. The molecule has 0 aromatic carbocycles. The number of hydrogen-bond acceptors (Lipinski definition) is 15. The molecule has 0 bridgehead atoms. The lowest BCUT2D eigenvalue weighted by atomic mass is 9.99. The van der Waals surface area contributed by atoms with E-state index in [0.717, 1.165) is 115 Å². The van der Waals surface area contributed by atoms with Crippen molar-refractivity contribution < 1.29 is 80.2 Å². The van der Waals surface area contributed by atoms with Crippen LogP contribution in [0.15, 0.2) is 0 Å². The first-order chi connectivity index (χ1) is 39.2. The second-order valence-electron chi connectivity index (χ2n) is 24.2. The van der Waals surface area contributed by atoms with Gasteiger partial charge in [-0.15, -0.1) is 0 Å². The van der Waals surface area contributed by atoms with Crippen molar-refractivity contribution in [2.45, 2.75) is 318 Å². The number of carbonyl (C=O) groups is 4. The third-order valence-corrected chi connectivity index (χ3v) is 16.9. The van der Waals surface area contributed by atoms with Crippen molar-refractivity contribution >= 4 is 39.5 Å². The van der Waals surface area contributed by atoms with Crippen molar-refractivity contribution in [1.82, 2.24) is 0 Å². The van der Waals surface area contributed by atoms with Crippen LogP contribution in [0, 0.1) is 23.7 Å². The number of aliphatic hydroxyl groups excluding tert-OH is 1. The van der Waals surface area contributed by atoms with Crippen LogP contribution in [-0.4, -0.2) is 96.7 Å². The van der Waals surface area contributed by atoms with Gasteiger partial charge in [0.05, 0.1) is 26.4 Å². The molecule has 3 N–H and O–H groups in total. The minimum atomic E-state index is -4.94. The Hall–Kier alpha value is -1.94. The van der Waals surface area contributed by atoms with Crippen LogP contribution in [0.2, 0.25) is 0 Å². The highest BCUT2D eigenvalue weighted by molar-refractivity contribution is 7.47. The average Bonchev–Trinajstić information content (AvgIpc) is 3.44. The van der Waals surface area contributed by atoms with Crippen LogP contribution >= 0.6 is 15.6 Å². The summed E-state index contributed by atoms with van der Waals surface area (Å²) in [5.74, 6) is 0.757. The molecule has 0 saturated heterocycles. The van der Waals surface area contributed by atoms with E-state index in [1.165, 1.54) is 89.9 Å². The molecular weight excluding hydrogens is 1090 g/mol. The van der Waals surface area contributed by atoms with Gasteiger partial charge < -0.3 is 33.8 Å². The number of aliphatic hydroxyl groups is 1. The van der Waals surface area contributed by atoms with Gasteiger partial charge in [0.2, 0.25) is 0 Å². The molecule has 17 nitrogen and oxygen atoms in total. The topological polar surface area (TPSA) is 237 Å². The summed E-state index contributed by atoms with van der Waals surface area (Å²) in [5, 5.41) is 10.5. The largest absolute Gasteiger partial charge is 0.472 e. The molecule has 0 aromatic heterocycles. The van der Waals surface area contributed by atoms with Gasteiger partial charge in [-0.1, -0.05) is 248 Å². The Balaban J connectivity index is 5.27. The summed E-state index contributed by atoms with van der Waals surface area (Å²) in [6.07, 6.45) is 32.2. The fourth-order valence-corrected chi connectivity index (χ4v) is 10.8. The van der Waals surface area contributed by atoms with Crippen LogP contribution in [0.1, 0.15) is 299 Å². The lowest BCUT2D eigenvalue weighted by molar-refractivity contribution is -0.161. The second-order valence-corrected chi connectivity index (χ2v) is 27.1. The number of esters is 4. The number of ether oxygens (including phenoxy) is 4. The van der Waals surface area contributed by atoms with Crippen LogP contribution in [-0.2, 0) is 65.4 Å². The number of phosphoric acid groups is 2. The van der Waals surface area contributed by atoms with Gasteiger partial charge >= 0.3 is 39.5 Å². The fourth-order valence-electron chi connectivity index (χ4n) is 9.19. The van der Waals surface area contributed by atoms with Crippen LogP contribution in [0.25, 0.3) is 0 Å². The molecule has 0 spiro atoms. The molecule has 0 aliphatic heterocycles. The summed E-state index contributed by atoms with van der Waals surface area (Å²) in [4.78, 5) is 72.1. The summed E-state index contributed by atoms with van der Waals surface area (Å²) in [6.45, 7) is 13.9. The first-order valence-electron chi connectivity index (χ1n) is 32.8. The zero-order chi connectivity index (χ0) is 61.1. The normalized spacial score (nSPS) is 15.1. The van der Waals surface area contributed by atoms with Crippen molar-refractivity contribution in [2.24, 2.45) is 23.7 Å². The third kappa shape index (κ3) is 54.7. The molecule has 0 rings (SSSR count). The molecule has 82 heavy (non-hydrogen) atoms. The molecule has 0 heterocycles. The quantitative estimate of drug-likeness (QED) is 0.0222. The first-order valence-corrected chi connectivity index (χ1v) is 35.8. The highest BCUT2D eigenvalue weighted by atomic mass is 31.2. The molecule has 0 radical (unpaired) electrons.